The van der Waals surface area contributed by atoms with E-state index in [9.17, 15) is 0 Å². The number of hydrogen-bond donors (Lipinski definition) is 2. The average molecular weight is 292 g/mol. The van der Waals surface area contributed by atoms with Gasteiger partial charge in [0.2, 0.25) is 0 Å². The van der Waals surface area contributed by atoms with Gasteiger partial charge in [0.25, 0.3) is 0 Å². The monoisotopic (exact) mass is 292 g/mol. The van der Waals surface area contributed by atoms with E-state index in [4.69, 9.17) is 9.47 Å². The van der Waals surface area contributed by atoms with Crippen molar-refractivity contribution < 1.29 is 9.47 Å². The zero-order valence-corrected chi connectivity index (χ0v) is 13.2. The van der Waals surface area contributed by atoms with Crippen molar-refractivity contribution >= 4 is 0 Å². The minimum atomic E-state index is 0.182. The number of aryl methyl sites for hydroxylation is 1. The minimum absolute atomic E-state index is 0.182. The van der Waals surface area contributed by atoms with Crippen LogP contribution in [0.5, 0.6) is 0 Å². The summed E-state index contributed by atoms with van der Waals surface area (Å²) in [5.74, 6) is 0.558. The lowest BCUT2D eigenvalue weighted by molar-refractivity contribution is 0.00223. The molecule has 4 heteroatoms. The molecular formula is C17H28N2O2. The predicted molar refractivity (Wildman–Crippen MR) is 85.3 cm³/mol. The molecule has 0 aliphatic carbocycles. The first kappa shape index (κ1) is 16.4. The molecule has 1 aliphatic rings. The third-order valence-electron chi connectivity index (χ3n) is 3.96. The maximum atomic E-state index is 6.21. The van der Waals surface area contributed by atoms with Crippen LogP contribution in [0.4, 0.5) is 0 Å². The molecule has 1 aromatic rings. The van der Waals surface area contributed by atoms with Gasteiger partial charge in [0.15, 0.2) is 0 Å². The summed E-state index contributed by atoms with van der Waals surface area (Å²) in [6, 6.07) is 8.71. The number of piperidine rings is 1. The van der Waals surface area contributed by atoms with Crippen molar-refractivity contribution in [2.45, 2.75) is 25.9 Å². The Morgan fingerprint density at radius 2 is 2.33 bits per heavy atom. The summed E-state index contributed by atoms with van der Waals surface area (Å²) in [4.78, 5) is 0. The van der Waals surface area contributed by atoms with Crippen molar-refractivity contribution in [2.24, 2.45) is 5.92 Å². The van der Waals surface area contributed by atoms with Gasteiger partial charge in [-0.25, -0.2) is 0 Å². The van der Waals surface area contributed by atoms with E-state index in [-0.39, 0.29) is 6.10 Å². The van der Waals surface area contributed by atoms with E-state index in [0.717, 1.165) is 19.6 Å². The highest BCUT2D eigenvalue weighted by Crippen LogP contribution is 2.31. The van der Waals surface area contributed by atoms with E-state index in [1.165, 1.54) is 24.0 Å². The molecule has 1 aromatic carbocycles. The maximum Gasteiger partial charge on any atom is 0.0962 e. The normalized spacial score (nSPS) is 20.4. The van der Waals surface area contributed by atoms with E-state index in [2.05, 4.69) is 41.8 Å². The minimum Gasteiger partial charge on any atom is -0.372 e. The third kappa shape index (κ3) is 5.40. The molecule has 0 saturated carbocycles. The number of methoxy groups -OCH3 is 1. The van der Waals surface area contributed by atoms with E-state index < -0.39 is 0 Å². The Morgan fingerprint density at radius 3 is 3.05 bits per heavy atom. The van der Waals surface area contributed by atoms with Gasteiger partial charge < -0.3 is 14.8 Å². The largest absolute Gasteiger partial charge is 0.372 e. The smallest absolute Gasteiger partial charge is 0.0962 e. The highest BCUT2D eigenvalue weighted by atomic mass is 16.5. The third-order valence-corrected chi connectivity index (χ3v) is 3.96. The van der Waals surface area contributed by atoms with Crippen LogP contribution in [0.15, 0.2) is 24.3 Å². The zero-order chi connectivity index (χ0) is 14.9. The summed E-state index contributed by atoms with van der Waals surface area (Å²) in [6.07, 6.45) is 2.65. The molecule has 21 heavy (non-hydrogen) atoms. The van der Waals surface area contributed by atoms with E-state index in [0.29, 0.717) is 19.3 Å². The van der Waals surface area contributed by atoms with Crippen LogP contribution in [0.1, 0.15) is 30.1 Å². The summed E-state index contributed by atoms with van der Waals surface area (Å²) in [5.41, 5.74) is 2.60. The number of nitrogens with one attached hydrogen (secondary N) is 2. The summed E-state index contributed by atoms with van der Waals surface area (Å²) >= 11 is 0. The molecule has 1 aliphatic heterocycles. The number of benzene rings is 1. The van der Waals surface area contributed by atoms with Crippen LogP contribution in [-0.2, 0) is 9.47 Å². The van der Waals surface area contributed by atoms with Gasteiger partial charge in [-0.2, -0.15) is 0 Å². The molecule has 0 radical (unpaired) electrons. The fraction of sp³-hybridized carbons (Fsp3) is 0.647. The predicted octanol–water partition coefficient (Wildman–Crippen LogP) is 2.25. The van der Waals surface area contributed by atoms with Crippen molar-refractivity contribution in [1.29, 1.82) is 0 Å². The van der Waals surface area contributed by atoms with Gasteiger partial charge in [0.05, 0.1) is 19.4 Å². The second-order valence-corrected chi connectivity index (χ2v) is 5.74. The van der Waals surface area contributed by atoms with Crippen molar-refractivity contribution in [3.8, 4) is 0 Å². The lowest BCUT2D eigenvalue weighted by atomic mass is 9.89. The topological polar surface area (TPSA) is 42.5 Å². The van der Waals surface area contributed by atoms with Crippen LogP contribution in [0.25, 0.3) is 0 Å². The van der Waals surface area contributed by atoms with Crippen LogP contribution in [-0.4, -0.2) is 40.1 Å². The van der Waals surface area contributed by atoms with E-state index in [1.807, 2.05) is 0 Å². The Balaban J connectivity index is 1.96. The molecule has 0 amide bonds. The average Bonchev–Trinajstić information content (AvgIpc) is 2.52. The zero-order valence-electron chi connectivity index (χ0n) is 13.2. The molecule has 2 N–H and O–H groups in total. The van der Waals surface area contributed by atoms with Gasteiger partial charge in [0, 0.05) is 26.1 Å². The van der Waals surface area contributed by atoms with Gasteiger partial charge in [0.1, 0.15) is 0 Å². The first-order chi connectivity index (χ1) is 10.3. The standard InChI is InChI=1S/C17H28N2O2/c1-14-5-3-6-15(11-14)17(16-7-4-8-18-12-16)21-10-9-19-13-20-2/h3,5-6,11,16-19H,4,7-10,12-13H2,1-2H3. The van der Waals surface area contributed by atoms with Gasteiger partial charge >= 0.3 is 0 Å². The van der Waals surface area contributed by atoms with Crippen LogP contribution >= 0.6 is 0 Å². The lowest BCUT2D eigenvalue weighted by Gasteiger charge is -2.31. The Bertz CT molecular complexity index is 406. The van der Waals surface area contributed by atoms with Crippen molar-refractivity contribution in [2.75, 3.05) is 40.1 Å². The molecule has 0 bridgehead atoms. The first-order valence-corrected chi connectivity index (χ1v) is 7.90. The van der Waals surface area contributed by atoms with Crippen molar-refractivity contribution in [3.05, 3.63) is 35.4 Å². The van der Waals surface area contributed by atoms with Crippen molar-refractivity contribution in [1.82, 2.24) is 10.6 Å². The number of rotatable bonds is 8. The Labute approximate surface area is 128 Å². The first-order valence-electron chi connectivity index (χ1n) is 7.90. The Hall–Kier alpha value is -0.940. The summed E-state index contributed by atoms with van der Waals surface area (Å²) < 4.78 is 11.2. The van der Waals surface area contributed by atoms with Gasteiger partial charge in [-0.3, -0.25) is 5.32 Å². The van der Waals surface area contributed by atoms with Crippen molar-refractivity contribution in [3.63, 3.8) is 0 Å². The molecule has 0 spiro atoms. The molecule has 4 nitrogen and oxygen atoms in total. The fourth-order valence-electron chi connectivity index (χ4n) is 2.92. The van der Waals surface area contributed by atoms with Gasteiger partial charge in [-0.15, -0.1) is 0 Å². The molecule has 2 unspecified atom stereocenters. The lowest BCUT2D eigenvalue weighted by Crippen LogP contribution is -2.35. The SMILES string of the molecule is COCNCCOC(c1cccc(C)c1)C1CCCNC1. The van der Waals surface area contributed by atoms with Crippen LogP contribution in [0, 0.1) is 12.8 Å². The molecule has 118 valence electrons. The molecule has 0 aromatic heterocycles. The molecule has 1 saturated heterocycles. The molecule has 1 heterocycles. The Morgan fingerprint density at radius 1 is 1.43 bits per heavy atom. The molecular weight excluding hydrogens is 264 g/mol. The van der Waals surface area contributed by atoms with Gasteiger partial charge in [-0.1, -0.05) is 29.8 Å². The highest BCUT2D eigenvalue weighted by molar-refractivity contribution is 5.25. The molecule has 1 fully saturated rings. The Kier molecular flexibility index (Phi) is 7.16. The van der Waals surface area contributed by atoms with E-state index in [1.54, 1.807) is 7.11 Å². The van der Waals surface area contributed by atoms with E-state index >= 15 is 0 Å². The second kappa shape index (κ2) is 9.15. The fourth-order valence-corrected chi connectivity index (χ4v) is 2.92. The highest BCUT2D eigenvalue weighted by Gasteiger charge is 2.25. The summed E-state index contributed by atoms with van der Waals surface area (Å²) in [5, 5.41) is 6.69. The summed E-state index contributed by atoms with van der Waals surface area (Å²) in [6.45, 7) is 6.41. The second-order valence-electron chi connectivity index (χ2n) is 5.74. The van der Waals surface area contributed by atoms with Crippen LogP contribution in [0.2, 0.25) is 0 Å². The van der Waals surface area contributed by atoms with Crippen LogP contribution < -0.4 is 10.6 Å². The maximum absolute atomic E-state index is 6.21. The van der Waals surface area contributed by atoms with Crippen LogP contribution in [0.3, 0.4) is 0 Å². The quantitative estimate of drug-likeness (QED) is 0.570. The molecule has 2 rings (SSSR count). The number of ether oxygens (including phenoxy) is 2. The molecule has 2 atom stereocenters. The number of hydrogen-bond acceptors (Lipinski definition) is 4. The summed E-state index contributed by atoms with van der Waals surface area (Å²) in [7, 11) is 1.69. The van der Waals surface area contributed by atoms with Gasteiger partial charge in [-0.05, 0) is 31.9 Å².